The number of amides is 1. The number of benzene rings is 1. The zero-order valence-electron chi connectivity index (χ0n) is 12.4. The molecule has 1 amide bonds. The molecule has 0 spiro atoms. The number of aliphatic carboxylic acids is 2. The number of hydrogen-bond acceptors (Lipinski definition) is 6. The number of hydrogen-bond donors (Lipinski definition) is 2. The fourth-order valence-electron chi connectivity index (χ4n) is 2.14. The Bertz CT molecular complexity index is 808. The highest BCUT2D eigenvalue weighted by Gasteiger charge is 2.60. The first-order chi connectivity index (χ1) is 11.3. The van der Waals surface area contributed by atoms with Crippen LogP contribution in [0.3, 0.4) is 0 Å². The van der Waals surface area contributed by atoms with E-state index in [0.29, 0.717) is 4.58 Å². The van der Waals surface area contributed by atoms with Crippen LogP contribution in [0, 0.1) is 11.3 Å². The summed E-state index contributed by atoms with van der Waals surface area (Å²) in [5, 5.41) is 27.5. The van der Waals surface area contributed by atoms with Crippen molar-refractivity contribution in [3.63, 3.8) is 0 Å². The van der Waals surface area contributed by atoms with Gasteiger partial charge in [0.1, 0.15) is 6.07 Å². The van der Waals surface area contributed by atoms with Crippen LogP contribution in [0.4, 0.5) is 4.79 Å². The fourth-order valence-corrected chi connectivity index (χ4v) is 2.14. The van der Waals surface area contributed by atoms with Crippen molar-refractivity contribution in [1.29, 1.82) is 5.26 Å². The molecule has 0 bridgehead atoms. The third-order valence-corrected chi connectivity index (χ3v) is 3.23. The summed E-state index contributed by atoms with van der Waals surface area (Å²) < 4.78 is 5.36. The highest BCUT2D eigenvalue weighted by Crippen LogP contribution is 2.31. The number of rotatable bonds is 4. The summed E-state index contributed by atoms with van der Waals surface area (Å²) in [7, 11) is 0. The van der Waals surface area contributed by atoms with Gasteiger partial charge in [-0.05, 0) is 19.1 Å². The number of carbonyl (C=O) groups is 3. The second-order valence-electron chi connectivity index (χ2n) is 4.80. The van der Waals surface area contributed by atoms with Crippen molar-refractivity contribution < 1.29 is 33.9 Å². The van der Waals surface area contributed by atoms with Crippen molar-refractivity contribution in [3.8, 4) is 6.07 Å². The number of nitriles is 1. The minimum Gasteiger partial charge on any atom is -0.476 e. The van der Waals surface area contributed by atoms with E-state index in [4.69, 9.17) is 15.1 Å². The lowest BCUT2D eigenvalue weighted by Crippen LogP contribution is -2.46. The first-order valence-corrected chi connectivity index (χ1v) is 6.69. The van der Waals surface area contributed by atoms with Crippen molar-refractivity contribution in [3.05, 3.63) is 35.9 Å². The Morgan fingerprint density at radius 3 is 2.42 bits per heavy atom. The van der Waals surface area contributed by atoms with Gasteiger partial charge < -0.3 is 14.9 Å². The maximum Gasteiger partial charge on any atom is 0.600 e. The first-order valence-electron chi connectivity index (χ1n) is 6.69. The molecule has 0 saturated carbocycles. The van der Waals surface area contributed by atoms with Gasteiger partial charge in [-0.15, -0.1) is 0 Å². The molecule has 9 nitrogen and oxygen atoms in total. The summed E-state index contributed by atoms with van der Waals surface area (Å²) >= 11 is 0. The van der Waals surface area contributed by atoms with E-state index in [0.717, 1.165) is 6.21 Å². The maximum absolute atomic E-state index is 12.3. The van der Waals surface area contributed by atoms with Crippen LogP contribution in [0.2, 0.25) is 0 Å². The Morgan fingerprint density at radius 1 is 1.29 bits per heavy atom. The number of carboxylic acids is 2. The molecule has 0 fully saturated rings. The minimum atomic E-state index is -2.32. The Morgan fingerprint density at radius 2 is 1.92 bits per heavy atom. The second-order valence-corrected chi connectivity index (χ2v) is 4.80. The van der Waals surface area contributed by atoms with E-state index in [1.807, 2.05) is 0 Å². The Kier molecular flexibility index (Phi) is 4.41. The largest absolute Gasteiger partial charge is 0.600 e. The van der Waals surface area contributed by atoms with Crippen molar-refractivity contribution in [2.24, 2.45) is 4.99 Å². The average Bonchev–Trinajstić information content (AvgIpc) is 2.98. The second kappa shape index (κ2) is 6.29. The van der Waals surface area contributed by atoms with E-state index in [-0.39, 0.29) is 5.56 Å². The number of carboxylic acid groups (broad SMARTS) is 2. The number of ether oxygens (including phenoxy) is 1. The van der Waals surface area contributed by atoms with Crippen LogP contribution in [0.1, 0.15) is 12.5 Å². The Balaban J connectivity index is 2.64. The SMILES string of the molecule is CC(C#N)OC(=O)[N+]1=CC(C(=O)O)=NC1(C(=O)O)c1ccccc1. The molecular weight excluding hydrogens is 318 g/mol. The minimum absolute atomic E-state index is 0.0616. The molecule has 9 heteroatoms. The van der Waals surface area contributed by atoms with Gasteiger partial charge in [0, 0.05) is 0 Å². The van der Waals surface area contributed by atoms with Crippen LogP contribution in [-0.2, 0) is 20.0 Å². The number of nitrogens with zero attached hydrogens (tertiary/aromatic N) is 3. The van der Waals surface area contributed by atoms with Crippen molar-refractivity contribution in [1.82, 2.24) is 0 Å². The van der Waals surface area contributed by atoms with Crippen LogP contribution in [-0.4, -0.2) is 50.9 Å². The van der Waals surface area contributed by atoms with Gasteiger partial charge in [0.25, 0.3) is 0 Å². The quantitative estimate of drug-likeness (QED) is 0.770. The molecule has 1 aliphatic rings. The van der Waals surface area contributed by atoms with Crippen LogP contribution < -0.4 is 0 Å². The van der Waals surface area contributed by atoms with E-state index in [9.17, 15) is 19.5 Å². The molecule has 2 unspecified atom stereocenters. The summed E-state index contributed by atoms with van der Waals surface area (Å²) in [4.78, 5) is 39.1. The van der Waals surface area contributed by atoms with Gasteiger partial charge >= 0.3 is 23.7 Å². The monoisotopic (exact) mass is 330 g/mol. The highest BCUT2D eigenvalue weighted by atomic mass is 16.6. The third kappa shape index (κ3) is 2.72. The molecule has 1 aromatic carbocycles. The molecule has 0 saturated heterocycles. The lowest BCUT2D eigenvalue weighted by Gasteiger charge is -2.18. The summed E-state index contributed by atoms with van der Waals surface area (Å²) in [6, 6.07) is 9.12. The molecule has 0 aliphatic carbocycles. The van der Waals surface area contributed by atoms with Gasteiger partial charge in [-0.1, -0.05) is 22.8 Å². The third-order valence-electron chi connectivity index (χ3n) is 3.23. The van der Waals surface area contributed by atoms with Crippen LogP contribution in [0.15, 0.2) is 35.3 Å². The molecule has 1 aliphatic heterocycles. The van der Waals surface area contributed by atoms with Gasteiger partial charge in [-0.3, -0.25) is 0 Å². The molecule has 2 N–H and O–H groups in total. The fraction of sp³-hybridized carbons (Fsp3) is 0.200. The molecule has 1 aromatic rings. The molecule has 24 heavy (non-hydrogen) atoms. The smallest absolute Gasteiger partial charge is 0.476 e. The zero-order valence-corrected chi connectivity index (χ0v) is 12.4. The molecule has 2 rings (SSSR count). The number of aliphatic imine (C=N–C) groups is 1. The molecule has 2 atom stereocenters. The van der Waals surface area contributed by atoms with Crippen LogP contribution in [0.25, 0.3) is 0 Å². The predicted molar refractivity (Wildman–Crippen MR) is 78.7 cm³/mol. The van der Waals surface area contributed by atoms with E-state index in [1.165, 1.54) is 31.2 Å². The molecule has 0 radical (unpaired) electrons. The molecule has 0 aromatic heterocycles. The Labute approximate surface area is 135 Å². The normalized spacial score (nSPS) is 20.3. The molecule has 122 valence electrons. The van der Waals surface area contributed by atoms with E-state index in [2.05, 4.69) is 4.99 Å². The molecular formula is C15H12N3O6+. The maximum atomic E-state index is 12.3. The lowest BCUT2D eigenvalue weighted by molar-refractivity contribution is -0.519. The van der Waals surface area contributed by atoms with Crippen LogP contribution in [0.5, 0.6) is 0 Å². The Hall–Kier alpha value is -3.54. The lowest BCUT2D eigenvalue weighted by atomic mass is 10.00. The van der Waals surface area contributed by atoms with E-state index in [1.54, 1.807) is 12.1 Å². The summed E-state index contributed by atoms with van der Waals surface area (Å²) in [6.07, 6.45) is -1.58. The first kappa shape index (κ1) is 16.8. The molecule has 1 heterocycles. The topological polar surface area (TPSA) is 140 Å². The van der Waals surface area contributed by atoms with Crippen molar-refractivity contribution >= 4 is 30.0 Å². The van der Waals surface area contributed by atoms with Gasteiger partial charge in [0.2, 0.25) is 11.9 Å². The van der Waals surface area contributed by atoms with E-state index >= 15 is 0 Å². The number of carbonyl (C=O) groups excluding carboxylic acids is 1. The van der Waals surface area contributed by atoms with Crippen molar-refractivity contribution in [2.75, 3.05) is 0 Å². The van der Waals surface area contributed by atoms with Gasteiger partial charge in [-0.25, -0.2) is 9.59 Å². The van der Waals surface area contributed by atoms with Gasteiger partial charge in [0.15, 0.2) is 6.10 Å². The van der Waals surface area contributed by atoms with Crippen LogP contribution >= 0.6 is 0 Å². The zero-order chi connectivity index (χ0) is 17.9. The standard InChI is InChI=1S/C15H11N3O6/c1-9(7-16)24-14(23)18-8-11(12(19)20)17-15(18,13(21)22)10-5-3-2-4-6-10/h2-6,8-9H,1H3,(H-,19,20,21,22)/p+1. The summed E-state index contributed by atoms with van der Waals surface area (Å²) in [5.41, 5.74) is -2.88. The summed E-state index contributed by atoms with van der Waals surface area (Å²) in [5.74, 6) is -3.07. The predicted octanol–water partition coefficient (Wildman–Crippen LogP) is 0.595. The van der Waals surface area contributed by atoms with E-state index < -0.39 is 35.5 Å². The van der Waals surface area contributed by atoms with Crippen molar-refractivity contribution in [2.45, 2.75) is 18.7 Å². The van der Waals surface area contributed by atoms with Gasteiger partial charge in [0.05, 0.1) is 5.56 Å². The highest BCUT2D eigenvalue weighted by molar-refractivity contribution is 6.58. The average molecular weight is 330 g/mol. The summed E-state index contributed by atoms with van der Waals surface area (Å²) in [6.45, 7) is 1.29. The van der Waals surface area contributed by atoms with Gasteiger partial charge in [-0.2, -0.15) is 15.0 Å².